The van der Waals surface area contributed by atoms with Crippen molar-refractivity contribution in [3.05, 3.63) is 12.7 Å². The molecule has 0 aliphatic carbocycles. The number of hydrogen-bond acceptors (Lipinski definition) is 7. The summed E-state index contributed by atoms with van der Waals surface area (Å²) in [6.07, 6.45) is 0.828. The van der Waals surface area contributed by atoms with Gasteiger partial charge in [-0.15, -0.1) is 6.58 Å². The number of carbonyl (C=O) groups excluding carboxylic acids is 1. The molecule has 0 aliphatic rings. The first-order valence-corrected chi connectivity index (χ1v) is 5.74. The molecule has 0 saturated carbocycles. The average Bonchev–Trinajstić information content (AvgIpc) is 2.15. The summed E-state index contributed by atoms with van der Waals surface area (Å²) in [5, 5.41) is 17.0. The molecule has 0 aromatic heterocycles. The Bertz CT molecular complexity index is 309. The maximum Gasteiger partial charge on any atom is 0.448 e. The van der Waals surface area contributed by atoms with Crippen LogP contribution in [0.15, 0.2) is 12.7 Å². The summed E-state index contributed by atoms with van der Waals surface area (Å²) < 4.78 is 35.0. The fourth-order valence-electron chi connectivity index (χ4n) is 0.488. The van der Waals surface area contributed by atoms with Gasteiger partial charge in [-0.25, -0.2) is 0 Å². The highest BCUT2D eigenvalue weighted by molar-refractivity contribution is 7.81. The molecule has 0 aliphatic heterocycles. The summed E-state index contributed by atoms with van der Waals surface area (Å²) in [6, 6.07) is 0. The van der Waals surface area contributed by atoms with Crippen LogP contribution in [0.1, 0.15) is 6.92 Å². The molecule has 0 rings (SSSR count). The molecule has 0 bridgehead atoms. The Morgan fingerprint density at radius 2 is 2.06 bits per heavy atom. The van der Waals surface area contributed by atoms with E-state index in [2.05, 4.69) is 10.8 Å². The molecule has 102 valence electrons. The van der Waals surface area contributed by atoms with Gasteiger partial charge in [0.15, 0.2) is 0 Å². The third kappa shape index (κ3) is 21.0. The third-order valence-electron chi connectivity index (χ3n) is 0.979. The van der Waals surface area contributed by atoms with Crippen molar-refractivity contribution in [1.29, 1.82) is 0 Å². The largest absolute Gasteiger partial charge is 0.448 e. The number of hydrogen-bond donors (Lipinski definition) is 3. The molecule has 0 spiro atoms. The highest BCUT2D eigenvalue weighted by Gasteiger charge is 2.06. The van der Waals surface area contributed by atoms with Crippen molar-refractivity contribution in [1.82, 2.24) is 0 Å². The Kier molecular flexibility index (Phi) is 11.0. The van der Waals surface area contributed by atoms with E-state index in [-0.39, 0.29) is 13.2 Å². The van der Waals surface area contributed by atoms with Crippen molar-refractivity contribution in [3.8, 4) is 0 Å². The Labute approximate surface area is 99.4 Å². The molecule has 1 atom stereocenters. The second-order valence-electron chi connectivity index (χ2n) is 2.67. The zero-order valence-corrected chi connectivity index (χ0v) is 10.1. The van der Waals surface area contributed by atoms with Crippen LogP contribution in [0.25, 0.3) is 0 Å². The summed E-state index contributed by atoms with van der Waals surface area (Å²) in [6.45, 7) is 4.61. The van der Waals surface area contributed by atoms with Crippen molar-refractivity contribution in [2.24, 2.45) is 0 Å². The lowest BCUT2D eigenvalue weighted by Crippen LogP contribution is -2.19. The Balaban J connectivity index is 0. The number of carbonyl (C=O) groups is 1. The van der Waals surface area contributed by atoms with Crippen LogP contribution in [0.3, 0.4) is 0 Å². The van der Waals surface area contributed by atoms with Crippen LogP contribution in [-0.4, -0.2) is 55.1 Å². The van der Waals surface area contributed by atoms with E-state index in [1.165, 1.54) is 0 Å². The van der Waals surface area contributed by atoms with E-state index < -0.39 is 22.5 Å². The molecule has 0 fully saturated rings. The van der Waals surface area contributed by atoms with Crippen LogP contribution in [-0.2, 0) is 24.1 Å². The molecule has 0 heterocycles. The third-order valence-corrected chi connectivity index (χ3v) is 1.42. The standard InChI is InChI=1S/C6H12O3.C2H4O5S/c1-2-3-9-5-6(8)4-7;1-2(3)7-8(4,5)6/h2,6-8H,1,3-5H2;1H3,(H,4,5,6). The molecule has 1 unspecified atom stereocenters. The maximum atomic E-state index is 9.70. The number of rotatable bonds is 6. The van der Waals surface area contributed by atoms with E-state index in [4.69, 9.17) is 19.5 Å². The number of aliphatic hydroxyl groups is 2. The van der Waals surface area contributed by atoms with Gasteiger partial charge in [-0.05, 0) is 0 Å². The first-order chi connectivity index (χ1) is 7.72. The lowest BCUT2D eigenvalue weighted by Gasteiger charge is -2.04. The first-order valence-electron chi connectivity index (χ1n) is 4.38. The van der Waals surface area contributed by atoms with Crippen LogP contribution >= 0.6 is 0 Å². The van der Waals surface area contributed by atoms with E-state index in [1.807, 2.05) is 0 Å². The fourth-order valence-corrected chi connectivity index (χ4v) is 0.785. The fraction of sp³-hybridized carbons (Fsp3) is 0.625. The van der Waals surface area contributed by atoms with Crippen LogP contribution in [0.5, 0.6) is 0 Å². The van der Waals surface area contributed by atoms with Gasteiger partial charge in [0.05, 0.1) is 19.8 Å². The van der Waals surface area contributed by atoms with Gasteiger partial charge < -0.3 is 19.1 Å². The average molecular weight is 272 g/mol. The van der Waals surface area contributed by atoms with E-state index >= 15 is 0 Å². The maximum absolute atomic E-state index is 9.70. The first kappa shape index (κ1) is 18.4. The topological polar surface area (TPSA) is 130 Å². The SMILES string of the molecule is C=CCOCC(O)CO.CC(=O)OS(=O)(=O)O. The van der Waals surface area contributed by atoms with E-state index in [0.29, 0.717) is 6.61 Å². The van der Waals surface area contributed by atoms with Crippen LogP contribution in [0.4, 0.5) is 0 Å². The second kappa shape index (κ2) is 10.2. The lowest BCUT2D eigenvalue weighted by molar-refractivity contribution is -0.131. The Morgan fingerprint density at radius 1 is 1.53 bits per heavy atom. The van der Waals surface area contributed by atoms with Crippen molar-refractivity contribution >= 4 is 16.4 Å². The molecule has 0 saturated heterocycles. The van der Waals surface area contributed by atoms with Gasteiger partial charge in [-0.3, -0.25) is 9.35 Å². The molecular formula is C8H16O8S. The summed E-state index contributed by atoms with van der Waals surface area (Å²) >= 11 is 0. The zero-order chi connectivity index (χ0) is 13.9. The summed E-state index contributed by atoms with van der Waals surface area (Å²) in [5.74, 6) is -1.06. The van der Waals surface area contributed by atoms with Gasteiger partial charge in [0, 0.05) is 6.92 Å². The van der Waals surface area contributed by atoms with E-state index in [0.717, 1.165) is 6.92 Å². The van der Waals surface area contributed by atoms with Gasteiger partial charge in [-0.2, -0.15) is 8.42 Å². The van der Waals surface area contributed by atoms with Crippen LogP contribution in [0, 0.1) is 0 Å². The molecule has 3 N–H and O–H groups in total. The second-order valence-corrected chi connectivity index (χ2v) is 3.69. The number of ether oxygens (including phenoxy) is 1. The van der Waals surface area contributed by atoms with Gasteiger partial charge in [-0.1, -0.05) is 6.08 Å². The minimum Gasteiger partial charge on any atom is -0.394 e. The summed E-state index contributed by atoms with van der Waals surface area (Å²) in [4.78, 5) is 9.70. The predicted molar refractivity (Wildman–Crippen MR) is 57.4 cm³/mol. The minimum absolute atomic E-state index is 0.169. The highest BCUT2D eigenvalue weighted by Crippen LogP contribution is 1.84. The molecule has 17 heavy (non-hydrogen) atoms. The van der Waals surface area contributed by atoms with E-state index in [1.54, 1.807) is 6.08 Å². The normalized spacial score (nSPS) is 12.0. The minimum atomic E-state index is -4.57. The molecule has 0 aromatic rings. The summed E-state index contributed by atoms with van der Waals surface area (Å²) in [5.41, 5.74) is 0. The van der Waals surface area contributed by atoms with Gasteiger partial charge >= 0.3 is 16.4 Å². The van der Waals surface area contributed by atoms with Gasteiger partial charge in [0.25, 0.3) is 0 Å². The van der Waals surface area contributed by atoms with E-state index in [9.17, 15) is 13.2 Å². The predicted octanol–water partition coefficient (Wildman–Crippen LogP) is -1.11. The molecule has 0 amide bonds. The molecule has 0 aromatic carbocycles. The summed E-state index contributed by atoms with van der Waals surface area (Å²) in [7, 11) is -4.57. The van der Waals surface area contributed by atoms with Crippen LogP contribution < -0.4 is 0 Å². The Hall–Kier alpha value is -1.00. The van der Waals surface area contributed by atoms with Crippen molar-refractivity contribution in [3.63, 3.8) is 0 Å². The molecule has 0 radical (unpaired) electrons. The lowest BCUT2D eigenvalue weighted by atomic mass is 10.4. The van der Waals surface area contributed by atoms with Crippen LogP contribution in [0.2, 0.25) is 0 Å². The van der Waals surface area contributed by atoms with Gasteiger partial charge in [0.2, 0.25) is 0 Å². The number of aliphatic hydroxyl groups excluding tert-OH is 2. The van der Waals surface area contributed by atoms with Gasteiger partial charge in [0.1, 0.15) is 6.10 Å². The molecule has 8 nitrogen and oxygen atoms in total. The highest BCUT2D eigenvalue weighted by atomic mass is 32.3. The molecular weight excluding hydrogens is 256 g/mol. The van der Waals surface area contributed by atoms with Crippen molar-refractivity contribution in [2.45, 2.75) is 13.0 Å². The monoisotopic (exact) mass is 272 g/mol. The Morgan fingerprint density at radius 3 is 2.29 bits per heavy atom. The zero-order valence-electron chi connectivity index (χ0n) is 9.27. The quantitative estimate of drug-likeness (QED) is 0.315. The smallest absolute Gasteiger partial charge is 0.394 e. The van der Waals surface area contributed by atoms with Crippen molar-refractivity contribution in [2.75, 3.05) is 19.8 Å². The molecule has 9 heteroatoms. The van der Waals surface area contributed by atoms with Crippen molar-refractivity contribution < 1.29 is 36.9 Å².